The largest absolute Gasteiger partial charge is 0.379 e. The van der Waals surface area contributed by atoms with Crippen molar-refractivity contribution < 1.29 is 4.39 Å². The highest BCUT2D eigenvalue weighted by atomic mass is 35.5. The molecule has 1 N–H and O–H groups in total. The van der Waals surface area contributed by atoms with E-state index in [1.165, 1.54) is 6.07 Å². The normalized spacial score (nSPS) is 10.4. The highest BCUT2D eigenvalue weighted by Crippen LogP contribution is 2.28. The Morgan fingerprint density at radius 1 is 1.15 bits per heavy atom. The molecule has 0 bridgehead atoms. The van der Waals surface area contributed by atoms with Crippen LogP contribution >= 0.6 is 11.6 Å². The average Bonchev–Trinajstić information content (AvgIpc) is 2.37. The summed E-state index contributed by atoms with van der Waals surface area (Å²) < 4.78 is 13.1. The Hall–Kier alpha value is -1.74. The van der Waals surface area contributed by atoms with Crippen molar-refractivity contribution >= 4 is 23.0 Å². The molecule has 2 aromatic rings. The molecule has 0 aliphatic carbocycles. The van der Waals surface area contributed by atoms with Gasteiger partial charge in [-0.05, 0) is 48.4 Å². The fourth-order valence-corrected chi connectivity index (χ4v) is 2.26. The quantitative estimate of drug-likeness (QED) is 0.894. The standard InChI is InChI=1S/C16H18ClFN2/c1-11-8-14(18)6-4-12(11)10-19-15-9-13(17)5-7-16(15)20(2)3/h4-9,19H,10H2,1-3H3. The first kappa shape index (κ1) is 14.7. The Balaban J connectivity index is 2.20. The minimum atomic E-state index is -0.206. The van der Waals surface area contributed by atoms with E-state index in [2.05, 4.69) is 5.32 Å². The molecule has 0 aromatic heterocycles. The van der Waals surface area contributed by atoms with Crippen molar-refractivity contribution in [3.8, 4) is 0 Å². The lowest BCUT2D eigenvalue weighted by Crippen LogP contribution is -2.12. The summed E-state index contributed by atoms with van der Waals surface area (Å²) in [5.41, 5.74) is 4.03. The van der Waals surface area contributed by atoms with E-state index < -0.39 is 0 Å². The topological polar surface area (TPSA) is 15.3 Å². The molecular weight excluding hydrogens is 275 g/mol. The third-order valence-corrected chi connectivity index (χ3v) is 3.45. The molecule has 0 aliphatic rings. The van der Waals surface area contributed by atoms with Crippen molar-refractivity contribution in [1.29, 1.82) is 0 Å². The third-order valence-electron chi connectivity index (χ3n) is 3.21. The van der Waals surface area contributed by atoms with Gasteiger partial charge in [-0.2, -0.15) is 0 Å². The molecule has 0 amide bonds. The Morgan fingerprint density at radius 2 is 1.90 bits per heavy atom. The van der Waals surface area contributed by atoms with Crippen molar-refractivity contribution in [2.45, 2.75) is 13.5 Å². The summed E-state index contributed by atoms with van der Waals surface area (Å²) in [7, 11) is 3.97. The first-order chi connectivity index (χ1) is 9.47. The summed E-state index contributed by atoms with van der Waals surface area (Å²) in [6.07, 6.45) is 0. The number of hydrogen-bond acceptors (Lipinski definition) is 2. The lowest BCUT2D eigenvalue weighted by molar-refractivity contribution is 0.625. The van der Waals surface area contributed by atoms with Gasteiger partial charge in [0.15, 0.2) is 0 Å². The molecule has 0 radical (unpaired) electrons. The van der Waals surface area contributed by atoms with Crippen molar-refractivity contribution in [2.75, 3.05) is 24.3 Å². The molecule has 4 heteroatoms. The number of aryl methyl sites for hydroxylation is 1. The number of benzene rings is 2. The van der Waals surface area contributed by atoms with Crippen molar-refractivity contribution in [2.24, 2.45) is 0 Å². The fraction of sp³-hybridized carbons (Fsp3) is 0.250. The smallest absolute Gasteiger partial charge is 0.123 e. The van der Waals surface area contributed by atoms with Gasteiger partial charge in [0.25, 0.3) is 0 Å². The molecule has 0 saturated heterocycles. The second kappa shape index (κ2) is 6.14. The second-order valence-corrected chi connectivity index (χ2v) is 5.42. The van der Waals surface area contributed by atoms with Crippen LogP contribution in [0.1, 0.15) is 11.1 Å². The number of anilines is 2. The zero-order valence-electron chi connectivity index (χ0n) is 11.9. The zero-order valence-corrected chi connectivity index (χ0v) is 12.6. The minimum Gasteiger partial charge on any atom is -0.379 e. The van der Waals surface area contributed by atoms with Crippen LogP contribution in [-0.2, 0) is 6.54 Å². The molecule has 106 valence electrons. The maximum Gasteiger partial charge on any atom is 0.123 e. The van der Waals surface area contributed by atoms with Gasteiger partial charge in [-0.3, -0.25) is 0 Å². The molecular formula is C16H18ClFN2. The Bertz CT molecular complexity index is 611. The van der Waals surface area contributed by atoms with E-state index in [0.29, 0.717) is 11.6 Å². The lowest BCUT2D eigenvalue weighted by atomic mass is 10.1. The monoisotopic (exact) mass is 292 g/mol. The molecule has 0 unspecified atom stereocenters. The number of hydrogen-bond donors (Lipinski definition) is 1. The zero-order chi connectivity index (χ0) is 14.7. The molecule has 0 atom stereocenters. The summed E-state index contributed by atoms with van der Waals surface area (Å²) in [6, 6.07) is 10.6. The van der Waals surface area contributed by atoms with Crippen molar-refractivity contribution in [1.82, 2.24) is 0 Å². The number of halogens is 2. The first-order valence-corrected chi connectivity index (χ1v) is 6.81. The molecule has 0 saturated carbocycles. The van der Waals surface area contributed by atoms with Gasteiger partial charge < -0.3 is 10.2 Å². The minimum absolute atomic E-state index is 0.206. The van der Waals surface area contributed by atoms with Gasteiger partial charge in [-0.25, -0.2) is 4.39 Å². The van der Waals surface area contributed by atoms with E-state index in [0.717, 1.165) is 22.5 Å². The van der Waals surface area contributed by atoms with Crippen LogP contribution in [0.4, 0.5) is 15.8 Å². The van der Waals surface area contributed by atoms with E-state index >= 15 is 0 Å². The maximum atomic E-state index is 13.1. The second-order valence-electron chi connectivity index (χ2n) is 4.98. The molecule has 2 nitrogen and oxygen atoms in total. The van der Waals surface area contributed by atoms with Gasteiger partial charge in [-0.15, -0.1) is 0 Å². The van der Waals surface area contributed by atoms with Crippen LogP contribution in [0.15, 0.2) is 36.4 Å². The maximum absolute atomic E-state index is 13.1. The summed E-state index contributed by atoms with van der Waals surface area (Å²) in [5, 5.41) is 4.05. The predicted molar refractivity (Wildman–Crippen MR) is 84.2 cm³/mol. The average molecular weight is 293 g/mol. The Morgan fingerprint density at radius 3 is 2.55 bits per heavy atom. The van der Waals surface area contributed by atoms with E-state index in [9.17, 15) is 4.39 Å². The summed E-state index contributed by atoms with van der Waals surface area (Å²) in [6.45, 7) is 2.54. The van der Waals surface area contributed by atoms with Gasteiger partial charge >= 0.3 is 0 Å². The van der Waals surface area contributed by atoms with Crippen LogP contribution in [0.5, 0.6) is 0 Å². The highest BCUT2D eigenvalue weighted by molar-refractivity contribution is 6.31. The van der Waals surface area contributed by atoms with Crippen molar-refractivity contribution in [3.05, 3.63) is 58.4 Å². The first-order valence-electron chi connectivity index (χ1n) is 6.43. The molecule has 20 heavy (non-hydrogen) atoms. The summed E-state index contributed by atoms with van der Waals surface area (Å²) in [5.74, 6) is -0.206. The molecule has 0 fully saturated rings. The SMILES string of the molecule is Cc1cc(F)ccc1CNc1cc(Cl)ccc1N(C)C. The van der Waals surface area contributed by atoms with Crippen LogP contribution in [0, 0.1) is 12.7 Å². The van der Waals surface area contributed by atoms with Crippen LogP contribution in [0.2, 0.25) is 5.02 Å². The Labute approximate surface area is 124 Å². The Kier molecular flexibility index (Phi) is 4.50. The third kappa shape index (κ3) is 3.42. The number of nitrogens with one attached hydrogen (secondary N) is 1. The molecule has 2 rings (SSSR count). The van der Waals surface area contributed by atoms with Gasteiger partial charge in [-0.1, -0.05) is 17.7 Å². The van der Waals surface area contributed by atoms with Crippen LogP contribution < -0.4 is 10.2 Å². The fourth-order valence-electron chi connectivity index (χ4n) is 2.09. The lowest BCUT2D eigenvalue weighted by Gasteiger charge is -2.19. The number of nitrogens with zero attached hydrogens (tertiary/aromatic N) is 1. The number of rotatable bonds is 4. The van der Waals surface area contributed by atoms with Gasteiger partial charge in [0.2, 0.25) is 0 Å². The van der Waals surface area contributed by atoms with Crippen LogP contribution in [0.3, 0.4) is 0 Å². The predicted octanol–water partition coefficient (Wildman–Crippen LogP) is 4.47. The summed E-state index contributed by atoms with van der Waals surface area (Å²) >= 11 is 6.05. The van der Waals surface area contributed by atoms with E-state index in [-0.39, 0.29) is 5.82 Å². The molecule has 0 spiro atoms. The van der Waals surface area contributed by atoms with Gasteiger partial charge in [0.05, 0.1) is 11.4 Å². The molecule has 2 aromatic carbocycles. The van der Waals surface area contributed by atoms with E-state index in [1.54, 1.807) is 12.1 Å². The van der Waals surface area contributed by atoms with Crippen molar-refractivity contribution in [3.63, 3.8) is 0 Å². The van der Waals surface area contributed by atoms with Crippen LogP contribution in [0.25, 0.3) is 0 Å². The van der Waals surface area contributed by atoms with Gasteiger partial charge in [0, 0.05) is 25.7 Å². The van der Waals surface area contributed by atoms with Crippen LogP contribution in [-0.4, -0.2) is 14.1 Å². The highest BCUT2D eigenvalue weighted by Gasteiger charge is 2.06. The van der Waals surface area contributed by atoms with E-state index in [4.69, 9.17) is 11.6 Å². The van der Waals surface area contributed by atoms with E-state index in [1.807, 2.05) is 44.1 Å². The molecule has 0 aliphatic heterocycles. The van der Waals surface area contributed by atoms with Gasteiger partial charge in [0.1, 0.15) is 5.82 Å². The molecule has 0 heterocycles. The summed E-state index contributed by atoms with van der Waals surface area (Å²) in [4.78, 5) is 2.02.